The maximum Gasteiger partial charge on any atom is 0.426 e. The van der Waals surface area contributed by atoms with Gasteiger partial charge in [-0.05, 0) is 29.8 Å². The summed E-state index contributed by atoms with van der Waals surface area (Å²) in [5.41, 5.74) is -3.70. The number of hydrogen-bond donors (Lipinski definition) is 2. The molecule has 7 heteroatoms. The van der Waals surface area contributed by atoms with Gasteiger partial charge in [0.25, 0.3) is 5.91 Å². The summed E-state index contributed by atoms with van der Waals surface area (Å²) in [7, 11) is 0. The Morgan fingerprint density at radius 1 is 1.04 bits per heavy atom. The van der Waals surface area contributed by atoms with Crippen molar-refractivity contribution in [2.45, 2.75) is 18.2 Å². The van der Waals surface area contributed by atoms with Crippen molar-refractivity contribution in [1.82, 2.24) is 0 Å². The fourth-order valence-electron chi connectivity index (χ4n) is 2.01. The molecule has 2 aromatic rings. The van der Waals surface area contributed by atoms with Crippen LogP contribution >= 0.6 is 0 Å². The van der Waals surface area contributed by atoms with Gasteiger partial charge in [0.1, 0.15) is 5.82 Å². The topological polar surface area (TPSA) is 49.3 Å². The van der Waals surface area contributed by atoms with Gasteiger partial charge >= 0.3 is 6.18 Å². The molecule has 2 aromatic carbocycles. The molecular formula is C16H13F4NO2. The number of benzene rings is 2. The minimum Gasteiger partial charge on any atom is -0.372 e. The van der Waals surface area contributed by atoms with Crippen LogP contribution < -0.4 is 5.32 Å². The summed E-state index contributed by atoms with van der Waals surface area (Å²) in [6, 6.07) is 11.7. The smallest absolute Gasteiger partial charge is 0.372 e. The van der Waals surface area contributed by atoms with Gasteiger partial charge in [-0.1, -0.05) is 30.3 Å². The van der Waals surface area contributed by atoms with E-state index in [2.05, 4.69) is 0 Å². The minimum absolute atomic E-state index is 0.111. The molecule has 0 bridgehead atoms. The molecule has 0 aromatic heterocycles. The average molecular weight is 327 g/mol. The molecule has 1 unspecified atom stereocenters. The van der Waals surface area contributed by atoms with Gasteiger partial charge in [0.05, 0.1) is 0 Å². The zero-order valence-corrected chi connectivity index (χ0v) is 11.8. The molecule has 0 radical (unpaired) electrons. The summed E-state index contributed by atoms with van der Waals surface area (Å²) in [4.78, 5) is 12.0. The Bertz CT molecular complexity index is 688. The Kier molecular flexibility index (Phi) is 4.70. The lowest BCUT2D eigenvalue weighted by molar-refractivity contribution is -0.248. The zero-order valence-electron chi connectivity index (χ0n) is 11.8. The first-order valence-electron chi connectivity index (χ1n) is 6.62. The Morgan fingerprint density at radius 3 is 2.26 bits per heavy atom. The molecule has 2 N–H and O–H groups in total. The van der Waals surface area contributed by atoms with Crippen molar-refractivity contribution in [2.24, 2.45) is 0 Å². The average Bonchev–Trinajstić information content (AvgIpc) is 2.47. The summed E-state index contributed by atoms with van der Waals surface area (Å²) in [6.07, 6.45) is -6.31. The summed E-state index contributed by atoms with van der Waals surface area (Å²) in [5, 5.41) is 12.0. The van der Waals surface area contributed by atoms with Crippen molar-refractivity contribution >= 4 is 11.6 Å². The third-order valence-electron chi connectivity index (χ3n) is 3.23. The van der Waals surface area contributed by atoms with Gasteiger partial charge < -0.3 is 10.4 Å². The van der Waals surface area contributed by atoms with Crippen molar-refractivity contribution in [3.63, 3.8) is 0 Å². The molecule has 0 aliphatic carbocycles. The molecule has 0 saturated carbocycles. The molecular weight excluding hydrogens is 314 g/mol. The van der Waals surface area contributed by atoms with E-state index < -0.39 is 29.9 Å². The number of rotatable bonds is 4. The molecule has 0 heterocycles. The third kappa shape index (κ3) is 3.87. The van der Waals surface area contributed by atoms with Crippen LogP contribution in [0.25, 0.3) is 0 Å². The van der Waals surface area contributed by atoms with E-state index in [4.69, 9.17) is 0 Å². The monoisotopic (exact) mass is 327 g/mol. The molecule has 0 saturated heterocycles. The molecule has 23 heavy (non-hydrogen) atoms. The maximum absolute atomic E-state index is 13.2. The van der Waals surface area contributed by atoms with Gasteiger partial charge in [0, 0.05) is 12.1 Å². The van der Waals surface area contributed by atoms with Crippen LogP contribution in [0.15, 0.2) is 54.6 Å². The van der Waals surface area contributed by atoms with Gasteiger partial charge in [-0.25, -0.2) is 4.39 Å². The van der Waals surface area contributed by atoms with Crippen molar-refractivity contribution < 1.29 is 27.5 Å². The van der Waals surface area contributed by atoms with Gasteiger partial charge in [-0.2, -0.15) is 13.2 Å². The Balaban J connectivity index is 2.30. The van der Waals surface area contributed by atoms with E-state index in [1.165, 1.54) is 36.4 Å². The lowest BCUT2D eigenvalue weighted by atomic mass is 9.92. The third-order valence-corrected chi connectivity index (χ3v) is 3.23. The van der Waals surface area contributed by atoms with E-state index in [1.54, 1.807) is 6.07 Å². The maximum atomic E-state index is 13.2. The van der Waals surface area contributed by atoms with Crippen LogP contribution in [0.5, 0.6) is 0 Å². The summed E-state index contributed by atoms with van der Waals surface area (Å²) in [6.45, 7) is 0. The predicted molar refractivity (Wildman–Crippen MR) is 76.2 cm³/mol. The van der Waals surface area contributed by atoms with Crippen molar-refractivity contribution in [1.29, 1.82) is 0 Å². The van der Waals surface area contributed by atoms with E-state index in [1.807, 2.05) is 5.32 Å². The molecule has 1 atom stereocenters. The van der Waals surface area contributed by atoms with Crippen LogP contribution in [0.1, 0.15) is 5.56 Å². The number of para-hydroxylation sites is 1. The fourth-order valence-corrected chi connectivity index (χ4v) is 2.01. The van der Waals surface area contributed by atoms with E-state index >= 15 is 0 Å². The normalized spacial score (nSPS) is 14.1. The van der Waals surface area contributed by atoms with Crippen molar-refractivity contribution in [2.75, 3.05) is 5.32 Å². The lowest BCUT2D eigenvalue weighted by Gasteiger charge is -2.29. The van der Waals surface area contributed by atoms with Crippen molar-refractivity contribution in [3.8, 4) is 0 Å². The summed E-state index contributed by atoms with van der Waals surface area (Å²) >= 11 is 0. The van der Waals surface area contributed by atoms with Gasteiger partial charge in [-0.3, -0.25) is 4.79 Å². The van der Waals surface area contributed by atoms with Crippen LogP contribution in [0, 0.1) is 5.82 Å². The number of nitrogens with one attached hydrogen (secondary N) is 1. The highest BCUT2D eigenvalue weighted by Crippen LogP contribution is 2.34. The van der Waals surface area contributed by atoms with E-state index in [-0.39, 0.29) is 11.3 Å². The quantitative estimate of drug-likeness (QED) is 0.847. The Labute approximate surface area is 129 Å². The summed E-state index contributed by atoms with van der Waals surface area (Å²) in [5.74, 6) is -2.38. The second-order valence-electron chi connectivity index (χ2n) is 4.98. The number of alkyl halides is 3. The molecule has 0 aliphatic heterocycles. The highest BCUT2D eigenvalue weighted by Gasteiger charge is 2.59. The van der Waals surface area contributed by atoms with Crippen LogP contribution in [0.3, 0.4) is 0 Å². The molecule has 3 nitrogen and oxygen atoms in total. The van der Waals surface area contributed by atoms with Crippen LogP contribution in [-0.2, 0) is 11.2 Å². The number of amides is 1. The van der Waals surface area contributed by atoms with E-state index in [0.717, 1.165) is 12.1 Å². The molecule has 0 fully saturated rings. The largest absolute Gasteiger partial charge is 0.426 e. The molecule has 122 valence electrons. The summed E-state index contributed by atoms with van der Waals surface area (Å²) < 4.78 is 52.8. The van der Waals surface area contributed by atoms with Crippen LogP contribution in [0.2, 0.25) is 0 Å². The highest BCUT2D eigenvalue weighted by atomic mass is 19.4. The first-order valence-corrected chi connectivity index (χ1v) is 6.62. The highest BCUT2D eigenvalue weighted by molar-refractivity contribution is 5.98. The molecule has 2 rings (SSSR count). The molecule has 1 amide bonds. The van der Waals surface area contributed by atoms with Crippen molar-refractivity contribution in [3.05, 3.63) is 66.0 Å². The number of hydrogen-bond acceptors (Lipinski definition) is 2. The van der Waals surface area contributed by atoms with E-state index in [0.29, 0.717) is 0 Å². The molecule has 0 aliphatic rings. The Hall–Kier alpha value is -2.41. The van der Waals surface area contributed by atoms with Gasteiger partial charge in [0.2, 0.25) is 5.60 Å². The molecule has 0 spiro atoms. The first-order chi connectivity index (χ1) is 10.7. The first kappa shape index (κ1) is 17.0. The Morgan fingerprint density at radius 2 is 1.70 bits per heavy atom. The second kappa shape index (κ2) is 6.37. The number of aliphatic hydroxyl groups is 1. The van der Waals surface area contributed by atoms with Crippen LogP contribution in [0.4, 0.5) is 23.2 Å². The zero-order chi connectivity index (χ0) is 17.1. The van der Waals surface area contributed by atoms with Crippen LogP contribution in [-0.4, -0.2) is 22.8 Å². The van der Waals surface area contributed by atoms with E-state index in [9.17, 15) is 27.5 Å². The minimum atomic E-state index is -5.22. The number of halogens is 4. The SMILES string of the molecule is O=C(Nc1ccccc1)C(O)(Cc1cccc(F)c1)C(F)(F)F. The second-order valence-corrected chi connectivity index (χ2v) is 4.98. The number of anilines is 1. The predicted octanol–water partition coefficient (Wildman–Crippen LogP) is 3.30. The number of carbonyl (C=O) groups excluding carboxylic acids is 1. The lowest BCUT2D eigenvalue weighted by Crippen LogP contribution is -2.56. The van der Waals surface area contributed by atoms with Gasteiger partial charge in [-0.15, -0.1) is 0 Å². The van der Waals surface area contributed by atoms with Gasteiger partial charge in [0.15, 0.2) is 0 Å². The number of carbonyl (C=O) groups is 1. The fraction of sp³-hybridized carbons (Fsp3) is 0.188. The standard InChI is InChI=1S/C16H13F4NO2/c17-12-6-4-5-11(9-12)10-15(23,16(18,19)20)14(22)21-13-7-2-1-3-8-13/h1-9,23H,10H2,(H,21,22).